The van der Waals surface area contributed by atoms with Crippen molar-refractivity contribution in [1.29, 1.82) is 0 Å². The lowest BCUT2D eigenvalue weighted by Crippen LogP contribution is -2.20. The molecular weight excluding hydrogens is 242 g/mol. The van der Waals surface area contributed by atoms with E-state index in [1.54, 1.807) is 0 Å². The Labute approximate surface area is 111 Å². The first-order valence-electron chi connectivity index (χ1n) is 6.30. The van der Waals surface area contributed by atoms with Gasteiger partial charge in [-0.25, -0.2) is 4.68 Å². The maximum absolute atomic E-state index is 11.9. The molecule has 0 saturated carbocycles. The molecule has 2 aromatic rings. The highest BCUT2D eigenvalue weighted by Crippen LogP contribution is 2.26. The normalized spacial score (nSPS) is 12.1. The topological polar surface area (TPSA) is 72.7 Å². The van der Waals surface area contributed by atoms with Crippen LogP contribution in [0.4, 0.5) is 5.69 Å². The highest BCUT2D eigenvalue weighted by molar-refractivity contribution is 5.91. The van der Waals surface area contributed by atoms with Gasteiger partial charge in [-0.05, 0) is 34.4 Å². The number of aromatic nitrogens is 4. The molecule has 6 heteroatoms. The van der Waals surface area contributed by atoms with Gasteiger partial charge in [0.2, 0.25) is 5.91 Å². The molecule has 1 N–H and O–H groups in total. The summed E-state index contributed by atoms with van der Waals surface area (Å²) in [5.74, 6) is 0.271. The molecule has 1 atom stereocenters. The van der Waals surface area contributed by atoms with Crippen LogP contribution in [0, 0.1) is 0 Å². The lowest BCUT2D eigenvalue weighted by Gasteiger charge is -2.15. The van der Waals surface area contributed by atoms with Gasteiger partial charge < -0.3 is 5.32 Å². The summed E-state index contributed by atoms with van der Waals surface area (Å²) in [6.45, 7) is 4.39. The zero-order valence-corrected chi connectivity index (χ0v) is 11.1. The number of para-hydroxylation sites is 1. The van der Waals surface area contributed by atoms with Crippen molar-refractivity contribution in [3.63, 3.8) is 0 Å². The highest BCUT2D eigenvalue weighted by Gasteiger charge is 2.11. The third-order valence-corrected chi connectivity index (χ3v) is 3.08. The number of nitrogens with one attached hydrogen (secondary N) is 1. The summed E-state index contributed by atoms with van der Waals surface area (Å²) in [4.78, 5) is 11.9. The number of hydrogen-bond acceptors (Lipinski definition) is 4. The van der Waals surface area contributed by atoms with Crippen molar-refractivity contribution in [2.24, 2.45) is 0 Å². The fourth-order valence-corrected chi connectivity index (χ4v) is 1.85. The molecule has 1 unspecified atom stereocenters. The van der Waals surface area contributed by atoms with Crippen LogP contribution in [0.25, 0.3) is 0 Å². The number of anilines is 1. The van der Waals surface area contributed by atoms with E-state index in [2.05, 4.69) is 34.7 Å². The molecule has 1 aromatic carbocycles. The smallest absolute Gasteiger partial charge is 0.246 e. The maximum Gasteiger partial charge on any atom is 0.246 e. The summed E-state index contributed by atoms with van der Waals surface area (Å²) in [7, 11) is 0. The Hall–Kier alpha value is -2.24. The lowest BCUT2D eigenvalue weighted by molar-refractivity contribution is -0.116. The molecule has 0 aliphatic carbocycles. The SMILES string of the molecule is CCC(C)c1ccccc1NC(=O)Cn1cnnn1. The van der Waals surface area contributed by atoms with Crippen LogP contribution in [0.1, 0.15) is 31.7 Å². The Morgan fingerprint density at radius 3 is 2.89 bits per heavy atom. The van der Waals surface area contributed by atoms with Crippen molar-refractivity contribution >= 4 is 11.6 Å². The fourth-order valence-electron chi connectivity index (χ4n) is 1.85. The number of tetrazole rings is 1. The van der Waals surface area contributed by atoms with Crippen LogP contribution in [-0.2, 0) is 11.3 Å². The minimum Gasteiger partial charge on any atom is -0.324 e. The summed E-state index contributed by atoms with van der Waals surface area (Å²) < 4.78 is 1.39. The monoisotopic (exact) mass is 259 g/mol. The Morgan fingerprint density at radius 1 is 1.42 bits per heavy atom. The van der Waals surface area contributed by atoms with E-state index in [-0.39, 0.29) is 12.5 Å². The first-order valence-corrected chi connectivity index (χ1v) is 6.30. The predicted molar refractivity (Wildman–Crippen MR) is 71.6 cm³/mol. The van der Waals surface area contributed by atoms with Gasteiger partial charge in [-0.2, -0.15) is 0 Å². The second-order valence-electron chi connectivity index (χ2n) is 4.45. The molecule has 0 bridgehead atoms. The van der Waals surface area contributed by atoms with Gasteiger partial charge in [0.1, 0.15) is 12.9 Å². The quantitative estimate of drug-likeness (QED) is 0.889. The second-order valence-corrected chi connectivity index (χ2v) is 4.45. The van der Waals surface area contributed by atoms with E-state index in [1.807, 2.05) is 24.3 Å². The molecule has 1 aromatic heterocycles. The van der Waals surface area contributed by atoms with Gasteiger partial charge in [-0.15, -0.1) is 5.10 Å². The van der Waals surface area contributed by atoms with Crippen LogP contribution in [0.3, 0.4) is 0 Å². The van der Waals surface area contributed by atoms with Crippen molar-refractivity contribution in [2.45, 2.75) is 32.7 Å². The lowest BCUT2D eigenvalue weighted by atomic mass is 9.97. The molecular formula is C13H17N5O. The average Bonchev–Trinajstić information content (AvgIpc) is 2.91. The Kier molecular flexibility index (Phi) is 4.22. The molecule has 0 aliphatic heterocycles. The van der Waals surface area contributed by atoms with Crippen molar-refractivity contribution in [2.75, 3.05) is 5.32 Å². The van der Waals surface area contributed by atoms with Crippen molar-refractivity contribution in [1.82, 2.24) is 20.2 Å². The minimum atomic E-state index is -0.136. The van der Waals surface area contributed by atoms with Crippen LogP contribution in [0.5, 0.6) is 0 Å². The van der Waals surface area contributed by atoms with Crippen LogP contribution in [-0.4, -0.2) is 26.1 Å². The van der Waals surface area contributed by atoms with Crippen molar-refractivity contribution in [3.05, 3.63) is 36.2 Å². The summed E-state index contributed by atoms with van der Waals surface area (Å²) in [6.07, 6.45) is 2.44. The fraction of sp³-hybridized carbons (Fsp3) is 0.385. The van der Waals surface area contributed by atoms with Gasteiger partial charge in [0, 0.05) is 5.69 Å². The molecule has 19 heavy (non-hydrogen) atoms. The van der Waals surface area contributed by atoms with E-state index in [1.165, 1.54) is 11.0 Å². The number of carbonyl (C=O) groups is 1. The number of rotatable bonds is 5. The standard InChI is InChI=1S/C13H17N5O/c1-3-10(2)11-6-4-5-7-12(11)15-13(19)8-18-9-14-16-17-18/h4-7,9-10H,3,8H2,1-2H3,(H,15,19). The highest BCUT2D eigenvalue weighted by atomic mass is 16.2. The zero-order valence-electron chi connectivity index (χ0n) is 11.1. The Balaban J connectivity index is 2.08. The van der Waals surface area contributed by atoms with E-state index < -0.39 is 0 Å². The van der Waals surface area contributed by atoms with Gasteiger partial charge in [-0.3, -0.25) is 4.79 Å². The van der Waals surface area contributed by atoms with E-state index in [9.17, 15) is 4.79 Å². The Morgan fingerprint density at radius 2 is 2.21 bits per heavy atom. The summed E-state index contributed by atoms with van der Waals surface area (Å²) in [5, 5.41) is 13.6. The third kappa shape index (κ3) is 3.37. The van der Waals surface area contributed by atoms with E-state index in [4.69, 9.17) is 0 Å². The van der Waals surface area contributed by atoms with Gasteiger partial charge in [-0.1, -0.05) is 32.0 Å². The van der Waals surface area contributed by atoms with Gasteiger partial charge in [0.05, 0.1) is 0 Å². The van der Waals surface area contributed by atoms with Gasteiger partial charge >= 0.3 is 0 Å². The maximum atomic E-state index is 11.9. The van der Waals surface area contributed by atoms with Crippen molar-refractivity contribution < 1.29 is 4.79 Å². The largest absolute Gasteiger partial charge is 0.324 e. The molecule has 1 amide bonds. The predicted octanol–water partition coefficient (Wildman–Crippen LogP) is 1.83. The number of amides is 1. The molecule has 6 nitrogen and oxygen atoms in total. The van der Waals surface area contributed by atoms with E-state index in [0.29, 0.717) is 5.92 Å². The molecule has 0 radical (unpaired) electrons. The Bertz CT molecular complexity index is 538. The van der Waals surface area contributed by atoms with E-state index >= 15 is 0 Å². The number of benzene rings is 1. The summed E-state index contributed by atoms with van der Waals surface area (Å²) >= 11 is 0. The van der Waals surface area contributed by atoms with Gasteiger partial charge in [0.25, 0.3) is 0 Å². The molecule has 100 valence electrons. The van der Waals surface area contributed by atoms with Crippen LogP contribution in [0.15, 0.2) is 30.6 Å². The zero-order chi connectivity index (χ0) is 13.7. The molecule has 2 rings (SSSR count). The van der Waals surface area contributed by atoms with Gasteiger partial charge in [0.15, 0.2) is 0 Å². The van der Waals surface area contributed by atoms with Crippen LogP contribution < -0.4 is 5.32 Å². The third-order valence-electron chi connectivity index (χ3n) is 3.08. The van der Waals surface area contributed by atoms with Crippen LogP contribution >= 0.6 is 0 Å². The van der Waals surface area contributed by atoms with Crippen LogP contribution in [0.2, 0.25) is 0 Å². The molecule has 0 spiro atoms. The average molecular weight is 259 g/mol. The molecule has 0 saturated heterocycles. The molecule has 1 heterocycles. The van der Waals surface area contributed by atoms with E-state index in [0.717, 1.165) is 17.7 Å². The number of carbonyl (C=O) groups excluding carboxylic acids is 1. The molecule has 0 aliphatic rings. The summed E-state index contributed by atoms with van der Waals surface area (Å²) in [5.41, 5.74) is 2.00. The first kappa shape index (κ1) is 13.2. The first-order chi connectivity index (χ1) is 9.20. The number of hydrogen-bond donors (Lipinski definition) is 1. The summed E-state index contributed by atoms with van der Waals surface area (Å²) in [6, 6.07) is 7.86. The van der Waals surface area contributed by atoms with Crippen molar-refractivity contribution in [3.8, 4) is 0 Å². The number of nitrogens with zero attached hydrogens (tertiary/aromatic N) is 4. The second kappa shape index (κ2) is 6.08. The molecule has 0 fully saturated rings. The minimum absolute atomic E-state index is 0.113.